The first-order chi connectivity index (χ1) is 16.6. The monoisotopic (exact) mass is 463 g/mol. The molecule has 4 unspecified atom stereocenters. The molecule has 2 aliphatic rings. The highest BCUT2D eigenvalue weighted by molar-refractivity contribution is 5.85. The Morgan fingerprint density at radius 1 is 1.03 bits per heavy atom. The average molecular weight is 464 g/mol. The van der Waals surface area contributed by atoms with Crippen molar-refractivity contribution in [3.05, 3.63) is 48.0 Å². The lowest BCUT2D eigenvalue weighted by Gasteiger charge is -2.39. The van der Waals surface area contributed by atoms with E-state index >= 15 is 0 Å². The van der Waals surface area contributed by atoms with Crippen LogP contribution in [0.1, 0.15) is 89.5 Å². The minimum Gasteiger partial charge on any atom is -0.379 e. The molecule has 0 aromatic heterocycles. The highest BCUT2D eigenvalue weighted by Gasteiger charge is 2.32. The fraction of sp³-hybridized carbons (Fsp3) is 0.645. The van der Waals surface area contributed by atoms with E-state index in [0.29, 0.717) is 30.5 Å². The minimum atomic E-state index is -0.417. The summed E-state index contributed by atoms with van der Waals surface area (Å²) in [5.74, 6) is 3.32. The number of nitrogens with one attached hydrogen (secondary N) is 1. The third-order valence-corrected chi connectivity index (χ3v) is 8.58. The number of carbonyl (C=O) groups is 1. The molecule has 2 fully saturated rings. The molecule has 186 valence electrons. The molecule has 2 saturated carbocycles. The van der Waals surface area contributed by atoms with Crippen molar-refractivity contribution in [1.82, 2.24) is 5.32 Å². The zero-order chi connectivity index (χ0) is 23.8. The van der Waals surface area contributed by atoms with E-state index in [1.165, 1.54) is 61.3 Å². The molecule has 2 aromatic rings. The summed E-state index contributed by atoms with van der Waals surface area (Å²) in [6.45, 7) is 2.93. The molecule has 0 bridgehead atoms. The summed E-state index contributed by atoms with van der Waals surface area (Å²) in [5.41, 5.74) is 1.38. The zero-order valence-corrected chi connectivity index (χ0v) is 21.2. The third-order valence-electron chi connectivity index (χ3n) is 8.58. The molecule has 0 saturated heterocycles. The highest BCUT2D eigenvalue weighted by atomic mass is 16.3. The second kappa shape index (κ2) is 12.8. The van der Waals surface area contributed by atoms with Gasteiger partial charge in [-0.15, -0.1) is 0 Å². The van der Waals surface area contributed by atoms with Crippen molar-refractivity contribution in [1.29, 1.82) is 0 Å². The first-order valence-corrected chi connectivity index (χ1v) is 14.0. The lowest BCUT2D eigenvalue weighted by molar-refractivity contribution is -0.120. The van der Waals surface area contributed by atoms with Gasteiger partial charge in [0.05, 0.1) is 0 Å². The second-order valence-corrected chi connectivity index (χ2v) is 11.3. The van der Waals surface area contributed by atoms with E-state index in [0.717, 1.165) is 44.1 Å². The highest BCUT2D eigenvalue weighted by Crippen LogP contribution is 2.43. The molecule has 34 heavy (non-hydrogen) atoms. The summed E-state index contributed by atoms with van der Waals surface area (Å²) in [6.07, 6.45) is 14.3. The maximum Gasteiger partial charge on any atom is 0.133 e. The molecule has 5 atom stereocenters. The molecule has 0 spiro atoms. The van der Waals surface area contributed by atoms with Crippen LogP contribution in [-0.2, 0) is 11.2 Å². The Hall–Kier alpha value is -1.71. The number of hydrogen-bond donors (Lipinski definition) is 2. The quantitative estimate of drug-likeness (QED) is 0.262. The van der Waals surface area contributed by atoms with Crippen molar-refractivity contribution in [2.45, 2.75) is 96.6 Å². The van der Waals surface area contributed by atoms with Gasteiger partial charge in [0, 0.05) is 12.8 Å². The normalized spacial score (nSPS) is 24.5. The molecule has 3 heteroatoms. The van der Waals surface area contributed by atoms with Gasteiger partial charge in [-0.25, -0.2) is 0 Å². The molecule has 3 nitrogen and oxygen atoms in total. The van der Waals surface area contributed by atoms with Gasteiger partial charge in [-0.2, -0.15) is 0 Å². The van der Waals surface area contributed by atoms with Crippen LogP contribution in [0.4, 0.5) is 0 Å². The molecular formula is C31H45NO2. The van der Waals surface area contributed by atoms with Crippen molar-refractivity contribution in [2.24, 2.45) is 23.7 Å². The van der Waals surface area contributed by atoms with E-state index in [-0.39, 0.29) is 0 Å². The Morgan fingerprint density at radius 2 is 1.82 bits per heavy atom. The van der Waals surface area contributed by atoms with Gasteiger partial charge < -0.3 is 5.11 Å². The summed E-state index contributed by atoms with van der Waals surface area (Å²) >= 11 is 0. The van der Waals surface area contributed by atoms with Gasteiger partial charge in [-0.3, -0.25) is 10.1 Å². The Labute approximate surface area is 206 Å². The largest absolute Gasteiger partial charge is 0.379 e. The van der Waals surface area contributed by atoms with E-state index in [2.05, 4.69) is 54.7 Å². The number of hydrogen-bond acceptors (Lipinski definition) is 3. The van der Waals surface area contributed by atoms with Crippen LogP contribution in [0.15, 0.2) is 42.5 Å². The van der Waals surface area contributed by atoms with Gasteiger partial charge in [-0.05, 0) is 85.1 Å². The van der Waals surface area contributed by atoms with E-state index in [4.69, 9.17) is 0 Å². The van der Waals surface area contributed by atoms with Crippen LogP contribution in [0.2, 0.25) is 0 Å². The van der Waals surface area contributed by atoms with Crippen molar-refractivity contribution < 1.29 is 9.90 Å². The number of aryl methyl sites for hydroxylation is 1. The molecule has 2 N–H and O–H groups in total. The Bertz CT molecular complexity index is 904. The van der Waals surface area contributed by atoms with Gasteiger partial charge in [0.15, 0.2) is 0 Å². The van der Waals surface area contributed by atoms with Crippen molar-refractivity contribution in [3.63, 3.8) is 0 Å². The molecule has 2 aromatic carbocycles. The van der Waals surface area contributed by atoms with Crippen molar-refractivity contribution in [2.75, 3.05) is 6.54 Å². The Balaban J connectivity index is 1.08. The summed E-state index contributed by atoms with van der Waals surface area (Å²) in [6, 6.07) is 15.1. The fourth-order valence-corrected chi connectivity index (χ4v) is 6.64. The zero-order valence-electron chi connectivity index (χ0n) is 21.2. The van der Waals surface area contributed by atoms with Crippen LogP contribution < -0.4 is 5.32 Å². The van der Waals surface area contributed by atoms with Crippen LogP contribution in [-0.4, -0.2) is 23.7 Å². The lowest BCUT2D eigenvalue weighted by Crippen LogP contribution is -2.35. The second-order valence-electron chi connectivity index (χ2n) is 11.3. The van der Waals surface area contributed by atoms with Crippen LogP contribution in [0.5, 0.6) is 0 Å². The van der Waals surface area contributed by atoms with Gasteiger partial charge in [0.2, 0.25) is 0 Å². The molecule has 2 aliphatic carbocycles. The van der Waals surface area contributed by atoms with Crippen LogP contribution in [0.3, 0.4) is 0 Å². The molecular weight excluding hydrogens is 418 g/mol. The van der Waals surface area contributed by atoms with Gasteiger partial charge >= 0.3 is 0 Å². The number of carbonyl (C=O) groups excluding carboxylic acids is 1. The predicted octanol–water partition coefficient (Wildman–Crippen LogP) is 7.05. The SMILES string of the molecule is CC(CCc1cccc2ccccc12)CC(=O)CCCNC(O)C[C@@H]1CCC2CCCCC2C1. The number of Topliss-reactive ketones (excluding diaryl/α,β-unsaturated/α-hetero) is 1. The number of fused-ring (bicyclic) bond motifs is 2. The van der Waals surface area contributed by atoms with E-state index in [9.17, 15) is 9.90 Å². The van der Waals surface area contributed by atoms with Crippen molar-refractivity contribution in [3.8, 4) is 0 Å². The number of aliphatic hydroxyl groups excluding tert-OH is 1. The van der Waals surface area contributed by atoms with E-state index in [1.54, 1.807) is 0 Å². The summed E-state index contributed by atoms with van der Waals surface area (Å²) < 4.78 is 0. The van der Waals surface area contributed by atoms with Crippen LogP contribution in [0.25, 0.3) is 10.8 Å². The third kappa shape index (κ3) is 7.39. The van der Waals surface area contributed by atoms with E-state index < -0.39 is 6.23 Å². The smallest absolute Gasteiger partial charge is 0.133 e. The van der Waals surface area contributed by atoms with Crippen LogP contribution >= 0.6 is 0 Å². The van der Waals surface area contributed by atoms with E-state index in [1.807, 2.05) is 0 Å². The molecule has 0 radical (unpaired) electrons. The number of aliphatic hydroxyl groups is 1. The maximum atomic E-state index is 12.5. The van der Waals surface area contributed by atoms with Gasteiger partial charge in [0.1, 0.15) is 12.0 Å². The molecule has 0 aliphatic heterocycles. The number of ketones is 1. The lowest BCUT2D eigenvalue weighted by atomic mass is 9.67. The minimum absolute atomic E-state index is 0.359. The summed E-state index contributed by atoms with van der Waals surface area (Å²) in [7, 11) is 0. The topological polar surface area (TPSA) is 49.3 Å². The first kappa shape index (κ1) is 25.4. The van der Waals surface area contributed by atoms with Crippen molar-refractivity contribution >= 4 is 16.6 Å². The number of rotatable bonds is 12. The van der Waals surface area contributed by atoms with Gasteiger partial charge in [-0.1, -0.05) is 81.5 Å². The predicted molar refractivity (Wildman–Crippen MR) is 142 cm³/mol. The number of benzene rings is 2. The first-order valence-electron chi connectivity index (χ1n) is 14.0. The molecule has 0 heterocycles. The van der Waals surface area contributed by atoms with Gasteiger partial charge in [0.25, 0.3) is 0 Å². The summed E-state index contributed by atoms with van der Waals surface area (Å²) in [5, 5.41) is 16.4. The Morgan fingerprint density at radius 3 is 2.71 bits per heavy atom. The summed E-state index contributed by atoms with van der Waals surface area (Å²) in [4.78, 5) is 12.5. The van der Waals surface area contributed by atoms with Crippen LogP contribution in [0, 0.1) is 23.7 Å². The maximum absolute atomic E-state index is 12.5. The molecule has 0 amide bonds. The Kier molecular flexibility index (Phi) is 9.58. The standard InChI is InChI=1S/C31H45NO2/c1-23(15-17-27-12-6-11-26-9-4-5-14-30(26)27)20-29(33)13-7-19-32-31(34)22-24-16-18-25-8-2-3-10-28(25)21-24/h4-6,9,11-12,14,23-25,28,31-32,34H,2-3,7-8,10,13,15-22H2,1H3/t23?,24-,25?,28?,31?/m1/s1. The molecule has 4 rings (SSSR count). The fourth-order valence-electron chi connectivity index (χ4n) is 6.64. The average Bonchev–Trinajstić information content (AvgIpc) is 2.85.